The molecule has 0 heterocycles. The highest BCUT2D eigenvalue weighted by atomic mass is 79.9. The van der Waals surface area contributed by atoms with Gasteiger partial charge in [0.2, 0.25) is 0 Å². The van der Waals surface area contributed by atoms with Crippen LogP contribution < -0.4 is 4.74 Å². The molecule has 3 heteroatoms. The second-order valence-corrected chi connectivity index (χ2v) is 4.80. The molecule has 0 atom stereocenters. The molecule has 76 valence electrons. The number of benzene rings is 1. The predicted octanol–water partition coefficient (Wildman–Crippen LogP) is 3.95. The molecular formula is C11H12BrClO. The van der Waals surface area contributed by atoms with Gasteiger partial charge < -0.3 is 4.74 Å². The minimum atomic E-state index is 0.0558. The molecule has 1 nitrogen and oxygen atoms in total. The quantitative estimate of drug-likeness (QED) is 0.759. The molecule has 1 aliphatic carbocycles. The molecule has 0 aliphatic heterocycles. The van der Waals surface area contributed by atoms with Crippen molar-refractivity contribution in [2.24, 2.45) is 0 Å². The van der Waals surface area contributed by atoms with E-state index in [4.69, 9.17) is 16.3 Å². The minimum Gasteiger partial charge on any atom is -0.486 e. The zero-order valence-corrected chi connectivity index (χ0v) is 10.4. The first kappa shape index (κ1) is 10.3. The standard InChI is InChI=1S/C11H12BrClO/c1-8-6-9(2-3-10(8)13)14-11(7-12)4-5-11/h2-3,6H,4-5,7H2,1H3. The average molecular weight is 276 g/mol. The Labute approximate surface area is 97.5 Å². The first-order valence-electron chi connectivity index (χ1n) is 4.66. The summed E-state index contributed by atoms with van der Waals surface area (Å²) in [6, 6.07) is 5.81. The summed E-state index contributed by atoms with van der Waals surface area (Å²) in [6.45, 7) is 1.99. The molecule has 1 aliphatic rings. The largest absolute Gasteiger partial charge is 0.486 e. The van der Waals surface area contributed by atoms with Crippen LogP contribution in [0.5, 0.6) is 5.75 Å². The number of hydrogen-bond donors (Lipinski definition) is 0. The lowest BCUT2D eigenvalue weighted by Crippen LogP contribution is -2.19. The summed E-state index contributed by atoms with van der Waals surface area (Å²) < 4.78 is 5.89. The van der Waals surface area contributed by atoms with Gasteiger partial charge in [0.25, 0.3) is 0 Å². The molecule has 0 amide bonds. The van der Waals surface area contributed by atoms with Crippen molar-refractivity contribution < 1.29 is 4.74 Å². The normalized spacial score (nSPS) is 17.9. The van der Waals surface area contributed by atoms with Gasteiger partial charge in [0.1, 0.15) is 11.4 Å². The topological polar surface area (TPSA) is 9.23 Å². The molecule has 1 aromatic carbocycles. The van der Waals surface area contributed by atoms with E-state index in [0.717, 1.165) is 34.5 Å². The molecule has 1 fully saturated rings. The molecule has 0 unspecified atom stereocenters. The Morgan fingerprint density at radius 3 is 2.71 bits per heavy atom. The second-order valence-electron chi connectivity index (χ2n) is 3.83. The highest BCUT2D eigenvalue weighted by Gasteiger charge is 2.44. The third-order valence-electron chi connectivity index (χ3n) is 2.51. The van der Waals surface area contributed by atoms with Crippen molar-refractivity contribution in [2.45, 2.75) is 25.4 Å². The Kier molecular flexibility index (Phi) is 2.76. The van der Waals surface area contributed by atoms with Crippen LogP contribution in [0.2, 0.25) is 5.02 Å². The minimum absolute atomic E-state index is 0.0558. The summed E-state index contributed by atoms with van der Waals surface area (Å²) in [5, 5.41) is 1.70. The van der Waals surface area contributed by atoms with E-state index < -0.39 is 0 Å². The highest BCUT2D eigenvalue weighted by Crippen LogP contribution is 2.42. The first-order chi connectivity index (χ1) is 6.65. The number of hydrogen-bond acceptors (Lipinski definition) is 1. The smallest absolute Gasteiger partial charge is 0.120 e. The van der Waals surface area contributed by atoms with Gasteiger partial charge in [0.05, 0.1) is 0 Å². The Bertz CT molecular complexity index is 347. The van der Waals surface area contributed by atoms with Crippen LogP contribution in [0.25, 0.3) is 0 Å². The molecule has 1 saturated carbocycles. The summed E-state index contributed by atoms with van der Waals surface area (Å²) in [7, 11) is 0. The van der Waals surface area contributed by atoms with Gasteiger partial charge in [-0.05, 0) is 43.5 Å². The second kappa shape index (κ2) is 3.74. The molecule has 0 bridgehead atoms. The zero-order valence-electron chi connectivity index (χ0n) is 8.02. The summed E-state index contributed by atoms with van der Waals surface area (Å²) in [5.74, 6) is 0.920. The van der Waals surface area contributed by atoms with Crippen molar-refractivity contribution in [1.82, 2.24) is 0 Å². The molecule has 1 aromatic rings. The summed E-state index contributed by atoms with van der Waals surface area (Å²) >= 11 is 9.41. The van der Waals surface area contributed by atoms with Crippen molar-refractivity contribution in [3.8, 4) is 5.75 Å². The third-order valence-corrected chi connectivity index (χ3v) is 3.96. The predicted molar refractivity (Wildman–Crippen MR) is 62.6 cm³/mol. The van der Waals surface area contributed by atoms with Crippen LogP contribution in [0.3, 0.4) is 0 Å². The molecule has 2 rings (SSSR count). The van der Waals surface area contributed by atoms with Crippen molar-refractivity contribution in [3.05, 3.63) is 28.8 Å². The van der Waals surface area contributed by atoms with Gasteiger partial charge in [-0.2, -0.15) is 0 Å². The molecule has 0 radical (unpaired) electrons. The Morgan fingerprint density at radius 1 is 1.50 bits per heavy atom. The average Bonchev–Trinajstić information content (AvgIpc) is 2.93. The van der Waals surface area contributed by atoms with E-state index in [-0.39, 0.29) is 5.60 Å². The van der Waals surface area contributed by atoms with Gasteiger partial charge in [-0.25, -0.2) is 0 Å². The van der Waals surface area contributed by atoms with E-state index in [0.29, 0.717) is 0 Å². The van der Waals surface area contributed by atoms with Crippen LogP contribution in [0, 0.1) is 6.92 Å². The SMILES string of the molecule is Cc1cc(OC2(CBr)CC2)ccc1Cl. The number of rotatable bonds is 3. The summed E-state index contributed by atoms with van der Waals surface area (Å²) in [6.07, 6.45) is 2.28. The van der Waals surface area contributed by atoms with E-state index in [1.807, 2.05) is 25.1 Å². The Hall–Kier alpha value is -0.210. The number of alkyl halides is 1. The summed E-state index contributed by atoms with van der Waals surface area (Å²) in [5.41, 5.74) is 1.12. The van der Waals surface area contributed by atoms with Gasteiger partial charge in [0.15, 0.2) is 0 Å². The van der Waals surface area contributed by atoms with Crippen LogP contribution in [0.1, 0.15) is 18.4 Å². The van der Waals surface area contributed by atoms with E-state index in [9.17, 15) is 0 Å². The monoisotopic (exact) mass is 274 g/mol. The highest BCUT2D eigenvalue weighted by molar-refractivity contribution is 9.09. The van der Waals surface area contributed by atoms with Gasteiger partial charge in [-0.15, -0.1) is 0 Å². The maximum absolute atomic E-state index is 5.94. The number of ether oxygens (including phenoxy) is 1. The third kappa shape index (κ3) is 2.06. The van der Waals surface area contributed by atoms with Gasteiger partial charge in [-0.3, -0.25) is 0 Å². The number of aryl methyl sites for hydroxylation is 1. The van der Waals surface area contributed by atoms with E-state index in [1.54, 1.807) is 0 Å². The fraction of sp³-hybridized carbons (Fsp3) is 0.455. The summed E-state index contributed by atoms with van der Waals surface area (Å²) in [4.78, 5) is 0. The first-order valence-corrected chi connectivity index (χ1v) is 6.16. The van der Waals surface area contributed by atoms with Gasteiger partial charge >= 0.3 is 0 Å². The van der Waals surface area contributed by atoms with Crippen LogP contribution in [-0.2, 0) is 0 Å². The molecular weight excluding hydrogens is 263 g/mol. The van der Waals surface area contributed by atoms with Crippen LogP contribution >= 0.6 is 27.5 Å². The van der Waals surface area contributed by atoms with E-state index in [2.05, 4.69) is 15.9 Å². The fourth-order valence-electron chi connectivity index (χ4n) is 1.33. The molecule has 14 heavy (non-hydrogen) atoms. The Morgan fingerprint density at radius 2 is 2.21 bits per heavy atom. The lowest BCUT2D eigenvalue weighted by atomic mass is 10.2. The van der Waals surface area contributed by atoms with Gasteiger partial charge in [-0.1, -0.05) is 27.5 Å². The molecule has 0 N–H and O–H groups in total. The Balaban J connectivity index is 2.14. The van der Waals surface area contributed by atoms with Gasteiger partial charge in [0, 0.05) is 10.4 Å². The fourth-order valence-corrected chi connectivity index (χ4v) is 2.13. The lowest BCUT2D eigenvalue weighted by Gasteiger charge is -2.15. The van der Waals surface area contributed by atoms with Crippen molar-refractivity contribution in [3.63, 3.8) is 0 Å². The number of halogens is 2. The lowest BCUT2D eigenvalue weighted by molar-refractivity contribution is 0.206. The van der Waals surface area contributed by atoms with E-state index in [1.165, 1.54) is 0 Å². The van der Waals surface area contributed by atoms with E-state index >= 15 is 0 Å². The van der Waals surface area contributed by atoms with Crippen molar-refractivity contribution in [2.75, 3.05) is 5.33 Å². The van der Waals surface area contributed by atoms with Crippen LogP contribution in [-0.4, -0.2) is 10.9 Å². The zero-order chi connectivity index (χ0) is 10.2. The maximum atomic E-state index is 5.94. The maximum Gasteiger partial charge on any atom is 0.120 e. The van der Waals surface area contributed by atoms with Crippen molar-refractivity contribution in [1.29, 1.82) is 0 Å². The molecule has 0 spiro atoms. The van der Waals surface area contributed by atoms with Crippen molar-refractivity contribution >= 4 is 27.5 Å². The molecule has 0 saturated heterocycles. The van der Waals surface area contributed by atoms with Crippen LogP contribution in [0.4, 0.5) is 0 Å². The van der Waals surface area contributed by atoms with Crippen LogP contribution in [0.15, 0.2) is 18.2 Å². The molecule has 0 aromatic heterocycles.